The molecule has 7 heteroatoms. The molecule has 1 aliphatic rings. The van der Waals surface area contributed by atoms with E-state index < -0.39 is 0 Å². The fourth-order valence-corrected chi connectivity index (χ4v) is 3.33. The Balaban J connectivity index is 1.39. The first-order valence-corrected chi connectivity index (χ1v) is 9.45. The zero-order chi connectivity index (χ0) is 19.3. The summed E-state index contributed by atoms with van der Waals surface area (Å²) in [6.07, 6.45) is 5.86. The molecule has 1 fully saturated rings. The molecule has 2 aromatic heterocycles. The molecule has 3 aromatic rings. The van der Waals surface area contributed by atoms with Gasteiger partial charge in [-0.1, -0.05) is 12.1 Å². The monoisotopic (exact) mass is 380 g/mol. The summed E-state index contributed by atoms with van der Waals surface area (Å²) in [6.45, 7) is 4.66. The number of furan rings is 1. The number of hydrogen-bond donors (Lipinski definition) is 1. The lowest BCUT2D eigenvalue weighted by Gasteiger charge is -2.26. The van der Waals surface area contributed by atoms with Gasteiger partial charge < -0.3 is 14.5 Å². The second kappa shape index (κ2) is 8.41. The van der Waals surface area contributed by atoms with Crippen LogP contribution in [-0.2, 0) is 18.2 Å². The van der Waals surface area contributed by atoms with Crippen LogP contribution in [0.1, 0.15) is 15.9 Å². The second-order valence-corrected chi connectivity index (χ2v) is 6.93. The van der Waals surface area contributed by atoms with Gasteiger partial charge in [0, 0.05) is 44.1 Å². The number of nitrogens with one attached hydrogen (secondary N) is 1. The Hall–Kier alpha value is -2.90. The number of aryl methyl sites for hydroxylation is 1. The Kier molecular flexibility index (Phi) is 5.55. The maximum Gasteiger partial charge on any atom is 0.259 e. The van der Waals surface area contributed by atoms with E-state index in [-0.39, 0.29) is 5.91 Å². The van der Waals surface area contributed by atoms with Gasteiger partial charge in [-0.2, -0.15) is 5.10 Å². The Bertz CT molecular complexity index is 910. The van der Waals surface area contributed by atoms with Crippen molar-refractivity contribution < 1.29 is 13.9 Å². The molecule has 0 saturated carbocycles. The van der Waals surface area contributed by atoms with E-state index in [4.69, 9.17) is 9.15 Å². The number of nitrogens with zero attached hydrogens (tertiary/aromatic N) is 3. The van der Waals surface area contributed by atoms with Crippen molar-refractivity contribution >= 4 is 11.6 Å². The Labute approximate surface area is 163 Å². The molecule has 1 saturated heterocycles. The molecule has 0 bridgehead atoms. The summed E-state index contributed by atoms with van der Waals surface area (Å²) in [5.74, 6) is -0.189. The van der Waals surface area contributed by atoms with Crippen molar-refractivity contribution in [3.05, 3.63) is 60.2 Å². The second-order valence-electron chi connectivity index (χ2n) is 6.93. The lowest BCUT2D eigenvalue weighted by atomic mass is 10.1. The van der Waals surface area contributed by atoms with E-state index >= 15 is 0 Å². The van der Waals surface area contributed by atoms with Crippen LogP contribution >= 0.6 is 0 Å². The van der Waals surface area contributed by atoms with Gasteiger partial charge in [-0.05, 0) is 30.2 Å². The molecule has 1 N–H and O–H groups in total. The number of amides is 1. The van der Waals surface area contributed by atoms with Gasteiger partial charge in [-0.25, -0.2) is 0 Å². The SMILES string of the molecule is Cn1cc(C(=O)Nc2ccc(CCN3CCOCC3)cc2)c(-c2ccoc2)n1. The van der Waals surface area contributed by atoms with Crippen molar-refractivity contribution in [2.24, 2.45) is 7.05 Å². The molecule has 3 heterocycles. The van der Waals surface area contributed by atoms with E-state index in [9.17, 15) is 4.79 Å². The van der Waals surface area contributed by atoms with Crippen LogP contribution in [0, 0.1) is 0 Å². The standard InChI is InChI=1S/C21H24N4O3/c1-24-14-19(20(23-24)17-7-11-28-15-17)21(26)22-18-4-2-16(3-5-18)6-8-25-9-12-27-13-10-25/h2-5,7,11,14-15H,6,8-10,12-13H2,1H3,(H,22,26). The third-order valence-electron chi connectivity index (χ3n) is 4.90. The molecule has 0 spiro atoms. The number of morpholine rings is 1. The van der Waals surface area contributed by atoms with Crippen LogP contribution in [0.15, 0.2) is 53.5 Å². The maximum atomic E-state index is 12.7. The topological polar surface area (TPSA) is 72.5 Å². The minimum absolute atomic E-state index is 0.189. The molecule has 0 radical (unpaired) electrons. The van der Waals surface area contributed by atoms with Crippen molar-refractivity contribution in [2.45, 2.75) is 6.42 Å². The third-order valence-corrected chi connectivity index (χ3v) is 4.90. The molecule has 1 amide bonds. The molecule has 146 valence electrons. The Morgan fingerprint density at radius 1 is 1.18 bits per heavy atom. The number of ether oxygens (including phenoxy) is 1. The molecular weight excluding hydrogens is 356 g/mol. The van der Waals surface area contributed by atoms with Crippen LogP contribution in [0.5, 0.6) is 0 Å². The average molecular weight is 380 g/mol. The fraction of sp³-hybridized carbons (Fsp3) is 0.333. The number of hydrogen-bond acceptors (Lipinski definition) is 5. The first-order valence-electron chi connectivity index (χ1n) is 9.45. The van der Waals surface area contributed by atoms with Crippen molar-refractivity contribution in [1.29, 1.82) is 0 Å². The minimum Gasteiger partial charge on any atom is -0.472 e. The van der Waals surface area contributed by atoms with E-state index in [1.54, 1.807) is 36.5 Å². The molecule has 0 unspecified atom stereocenters. The highest BCUT2D eigenvalue weighted by Gasteiger charge is 2.18. The number of benzene rings is 1. The number of rotatable bonds is 6. The zero-order valence-corrected chi connectivity index (χ0v) is 15.9. The van der Waals surface area contributed by atoms with Gasteiger partial charge in [-0.15, -0.1) is 0 Å². The van der Waals surface area contributed by atoms with E-state index in [0.29, 0.717) is 11.3 Å². The summed E-state index contributed by atoms with van der Waals surface area (Å²) in [7, 11) is 1.80. The number of aromatic nitrogens is 2. The molecule has 4 rings (SSSR count). The van der Waals surface area contributed by atoms with Crippen LogP contribution < -0.4 is 5.32 Å². The minimum atomic E-state index is -0.189. The largest absolute Gasteiger partial charge is 0.472 e. The van der Waals surface area contributed by atoms with Gasteiger partial charge in [0.2, 0.25) is 0 Å². The smallest absolute Gasteiger partial charge is 0.259 e. The van der Waals surface area contributed by atoms with Crippen molar-refractivity contribution in [3.63, 3.8) is 0 Å². The third kappa shape index (κ3) is 4.32. The maximum absolute atomic E-state index is 12.7. The van der Waals surface area contributed by atoms with Crippen LogP contribution in [-0.4, -0.2) is 53.4 Å². The summed E-state index contributed by atoms with van der Waals surface area (Å²) in [4.78, 5) is 15.2. The quantitative estimate of drug-likeness (QED) is 0.712. The highest BCUT2D eigenvalue weighted by Crippen LogP contribution is 2.23. The normalized spacial score (nSPS) is 14.9. The van der Waals surface area contributed by atoms with Crippen LogP contribution in [0.25, 0.3) is 11.3 Å². The predicted octanol–water partition coefficient (Wildman–Crippen LogP) is 2.81. The van der Waals surface area contributed by atoms with Gasteiger partial charge >= 0.3 is 0 Å². The number of carbonyl (C=O) groups is 1. The predicted molar refractivity (Wildman–Crippen MR) is 106 cm³/mol. The Morgan fingerprint density at radius 2 is 1.96 bits per heavy atom. The lowest BCUT2D eigenvalue weighted by Crippen LogP contribution is -2.37. The van der Waals surface area contributed by atoms with Gasteiger partial charge in [0.1, 0.15) is 5.69 Å². The molecule has 7 nitrogen and oxygen atoms in total. The number of anilines is 1. The molecule has 0 atom stereocenters. The van der Waals surface area contributed by atoms with E-state index in [1.807, 2.05) is 12.1 Å². The molecular formula is C21H24N4O3. The molecule has 1 aromatic carbocycles. The highest BCUT2D eigenvalue weighted by atomic mass is 16.5. The van der Waals surface area contributed by atoms with Gasteiger partial charge in [0.15, 0.2) is 0 Å². The summed E-state index contributed by atoms with van der Waals surface area (Å²) in [5, 5.41) is 7.34. The Morgan fingerprint density at radius 3 is 2.68 bits per heavy atom. The summed E-state index contributed by atoms with van der Waals surface area (Å²) >= 11 is 0. The summed E-state index contributed by atoms with van der Waals surface area (Å²) < 4.78 is 12.1. The fourth-order valence-electron chi connectivity index (χ4n) is 3.33. The summed E-state index contributed by atoms with van der Waals surface area (Å²) in [5.41, 5.74) is 3.92. The first-order chi connectivity index (χ1) is 13.7. The molecule has 0 aliphatic carbocycles. The van der Waals surface area contributed by atoms with E-state index in [0.717, 1.165) is 50.5 Å². The highest BCUT2D eigenvalue weighted by molar-refractivity contribution is 6.08. The van der Waals surface area contributed by atoms with E-state index in [1.165, 1.54) is 5.56 Å². The molecule has 1 aliphatic heterocycles. The van der Waals surface area contributed by atoms with Crippen LogP contribution in [0.2, 0.25) is 0 Å². The number of carbonyl (C=O) groups excluding carboxylic acids is 1. The van der Waals surface area contributed by atoms with Gasteiger partial charge in [-0.3, -0.25) is 14.4 Å². The first kappa shape index (κ1) is 18.5. The van der Waals surface area contributed by atoms with E-state index in [2.05, 4.69) is 27.4 Å². The van der Waals surface area contributed by atoms with Gasteiger partial charge in [0.25, 0.3) is 5.91 Å². The van der Waals surface area contributed by atoms with Crippen molar-refractivity contribution in [2.75, 3.05) is 38.2 Å². The van der Waals surface area contributed by atoms with Crippen LogP contribution in [0.4, 0.5) is 5.69 Å². The zero-order valence-electron chi connectivity index (χ0n) is 15.9. The van der Waals surface area contributed by atoms with Crippen molar-refractivity contribution in [3.8, 4) is 11.3 Å². The molecule has 28 heavy (non-hydrogen) atoms. The van der Waals surface area contributed by atoms with Crippen molar-refractivity contribution in [1.82, 2.24) is 14.7 Å². The van der Waals surface area contributed by atoms with Gasteiger partial charge in [0.05, 0.1) is 31.3 Å². The lowest BCUT2D eigenvalue weighted by molar-refractivity contribution is 0.0384. The summed E-state index contributed by atoms with van der Waals surface area (Å²) in [6, 6.07) is 9.82. The average Bonchev–Trinajstić information content (AvgIpc) is 3.38. The van der Waals surface area contributed by atoms with Crippen LogP contribution in [0.3, 0.4) is 0 Å².